The van der Waals surface area contributed by atoms with E-state index in [-0.39, 0.29) is 6.32 Å². The van der Waals surface area contributed by atoms with Crippen molar-refractivity contribution in [1.29, 1.82) is 0 Å². The Balaban J connectivity index is 2.30. The zero-order valence-electron chi connectivity index (χ0n) is 13.7. The van der Waals surface area contributed by atoms with Crippen LogP contribution >= 0.6 is 0 Å². The Kier molecular flexibility index (Phi) is 8.39. The van der Waals surface area contributed by atoms with Gasteiger partial charge < -0.3 is 25.8 Å². The van der Waals surface area contributed by atoms with Crippen LogP contribution in [0.3, 0.4) is 0 Å². The molecule has 1 rings (SSSR count). The Morgan fingerprint density at radius 3 is 2.36 bits per heavy atom. The second-order valence-corrected chi connectivity index (χ2v) is 6.71. The van der Waals surface area contributed by atoms with Crippen LogP contribution in [-0.4, -0.2) is 58.3 Å². The average Bonchev–Trinajstić information content (AvgIpc) is 2.97. The molecule has 0 saturated heterocycles. The van der Waals surface area contributed by atoms with Gasteiger partial charge in [0.05, 0.1) is 0 Å². The van der Waals surface area contributed by atoms with Crippen LogP contribution in [0, 0.1) is 0 Å². The van der Waals surface area contributed by atoms with Crippen molar-refractivity contribution in [2.75, 3.05) is 13.6 Å². The van der Waals surface area contributed by atoms with Gasteiger partial charge in [0.25, 0.3) is 0 Å². The summed E-state index contributed by atoms with van der Waals surface area (Å²) in [5.41, 5.74) is 4.86. The summed E-state index contributed by atoms with van der Waals surface area (Å²) < 4.78 is 0. The first-order valence-corrected chi connectivity index (χ1v) is 8.44. The molecule has 0 aromatic rings. The van der Waals surface area contributed by atoms with Gasteiger partial charge in [-0.15, -0.1) is 0 Å². The fourth-order valence-electron chi connectivity index (χ4n) is 3.28. The molecule has 1 saturated carbocycles. The van der Waals surface area contributed by atoms with Gasteiger partial charge in [-0.25, -0.2) is 0 Å². The number of hydrogen-bond donors (Lipinski definition) is 4. The lowest BCUT2D eigenvalue weighted by Gasteiger charge is -2.28. The maximum Gasteiger partial charge on any atom is 0.451 e. The highest BCUT2D eigenvalue weighted by Gasteiger charge is 2.33. The Morgan fingerprint density at radius 2 is 1.82 bits per heavy atom. The zero-order valence-corrected chi connectivity index (χ0v) is 13.7. The van der Waals surface area contributed by atoms with E-state index < -0.39 is 18.6 Å². The number of carboxylic acids is 1. The highest BCUT2D eigenvalue weighted by atomic mass is 16.4. The van der Waals surface area contributed by atoms with Crippen LogP contribution in [0.15, 0.2) is 0 Å². The summed E-state index contributed by atoms with van der Waals surface area (Å²) in [4.78, 5) is 13.8. The van der Waals surface area contributed by atoms with Gasteiger partial charge in [-0.2, -0.15) is 0 Å². The molecule has 0 spiro atoms. The molecule has 0 amide bonds. The number of nitrogens with two attached hydrogens (primary N) is 1. The predicted octanol–water partition coefficient (Wildman–Crippen LogP) is 1.07. The van der Waals surface area contributed by atoms with Gasteiger partial charge in [0.1, 0.15) is 5.54 Å². The Labute approximate surface area is 133 Å². The number of rotatable bonds is 11. The van der Waals surface area contributed by atoms with E-state index in [1.807, 2.05) is 0 Å². The van der Waals surface area contributed by atoms with Gasteiger partial charge in [-0.05, 0) is 52.0 Å². The summed E-state index contributed by atoms with van der Waals surface area (Å²) in [6.07, 6.45) is 8.12. The van der Waals surface area contributed by atoms with Crippen molar-refractivity contribution in [3.8, 4) is 0 Å². The summed E-state index contributed by atoms with van der Waals surface area (Å²) in [6.45, 7) is 0.881. The minimum atomic E-state index is -1.32. The third-order valence-electron chi connectivity index (χ3n) is 4.84. The SMILES string of the molecule is CN(CCCC(N)(CCCCB(O)O)C(=O)O)C1CCCC1. The van der Waals surface area contributed by atoms with E-state index in [1.165, 1.54) is 25.7 Å². The molecule has 0 aliphatic heterocycles. The lowest BCUT2D eigenvalue weighted by Crippen LogP contribution is -2.48. The van der Waals surface area contributed by atoms with Crippen molar-refractivity contribution in [2.45, 2.75) is 75.7 Å². The number of carboxylic acid groups (broad SMARTS) is 1. The average molecular weight is 314 g/mol. The van der Waals surface area contributed by atoms with Crippen LogP contribution in [-0.2, 0) is 4.79 Å². The Hall–Kier alpha value is -0.625. The molecule has 1 fully saturated rings. The summed E-state index contributed by atoms with van der Waals surface area (Å²) in [6, 6.07) is 0.642. The predicted molar refractivity (Wildman–Crippen MR) is 87.5 cm³/mol. The molecule has 7 heteroatoms. The van der Waals surface area contributed by atoms with E-state index in [9.17, 15) is 9.90 Å². The molecule has 128 valence electrons. The number of nitrogens with zero attached hydrogens (tertiary/aromatic N) is 1. The minimum absolute atomic E-state index is 0.264. The molecule has 0 aromatic carbocycles. The van der Waals surface area contributed by atoms with Crippen molar-refractivity contribution >= 4 is 13.1 Å². The first kappa shape index (κ1) is 19.4. The molecule has 1 unspecified atom stereocenters. The van der Waals surface area contributed by atoms with Crippen LogP contribution in [0.25, 0.3) is 0 Å². The van der Waals surface area contributed by atoms with Crippen LogP contribution in [0.5, 0.6) is 0 Å². The quantitative estimate of drug-likeness (QED) is 0.336. The van der Waals surface area contributed by atoms with E-state index >= 15 is 0 Å². The lowest BCUT2D eigenvalue weighted by atomic mass is 9.81. The second kappa shape index (κ2) is 9.50. The monoisotopic (exact) mass is 314 g/mol. The first-order valence-electron chi connectivity index (χ1n) is 8.44. The molecule has 0 bridgehead atoms. The van der Waals surface area contributed by atoms with Crippen molar-refractivity contribution in [3.63, 3.8) is 0 Å². The van der Waals surface area contributed by atoms with Crippen molar-refractivity contribution in [2.24, 2.45) is 5.73 Å². The van der Waals surface area contributed by atoms with Crippen molar-refractivity contribution < 1.29 is 19.9 Å². The molecule has 0 radical (unpaired) electrons. The summed E-state index contributed by atoms with van der Waals surface area (Å²) in [5.74, 6) is -0.958. The second-order valence-electron chi connectivity index (χ2n) is 6.71. The maximum atomic E-state index is 11.4. The molecule has 22 heavy (non-hydrogen) atoms. The fraction of sp³-hybridized carbons (Fsp3) is 0.933. The molecule has 1 atom stereocenters. The van der Waals surface area contributed by atoms with Gasteiger partial charge in [-0.3, -0.25) is 4.79 Å². The van der Waals surface area contributed by atoms with Gasteiger partial charge in [0.2, 0.25) is 0 Å². The molecular weight excluding hydrogens is 283 g/mol. The van der Waals surface area contributed by atoms with Gasteiger partial charge in [0.15, 0.2) is 0 Å². The summed E-state index contributed by atoms with van der Waals surface area (Å²) in [5, 5.41) is 27.0. The smallest absolute Gasteiger partial charge is 0.451 e. The van der Waals surface area contributed by atoms with Gasteiger partial charge in [-0.1, -0.05) is 25.7 Å². The topological polar surface area (TPSA) is 107 Å². The van der Waals surface area contributed by atoms with E-state index in [1.54, 1.807) is 0 Å². The first-order chi connectivity index (χ1) is 10.3. The van der Waals surface area contributed by atoms with Crippen LogP contribution in [0.4, 0.5) is 0 Å². The molecule has 1 aliphatic rings. The molecule has 0 aromatic heterocycles. The third-order valence-corrected chi connectivity index (χ3v) is 4.84. The Morgan fingerprint density at radius 1 is 1.23 bits per heavy atom. The molecule has 6 nitrogen and oxygen atoms in total. The van der Waals surface area contributed by atoms with Gasteiger partial charge >= 0.3 is 13.1 Å². The fourth-order valence-corrected chi connectivity index (χ4v) is 3.28. The molecule has 1 aliphatic carbocycles. The lowest BCUT2D eigenvalue weighted by molar-refractivity contribution is -0.144. The van der Waals surface area contributed by atoms with Crippen LogP contribution in [0.2, 0.25) is 6.32 Å². The largest absolute Gasteiger partial charge is 0.480 e. The third kappa shape index (κ3) is 6.65. The van der Waals surface area contributed by atoms with E-state index in [0.29, 0.717) is 31.7 Å². The number of hydrogen-bond acceptors (Lipinski definition) is 5. The maximum absolute atomic E-state index is 11.4. The molecule has 0 heterocycles. The normalized spacial score (nSPS) is 18.6. The van der Waals surface area contributed by atoms with Crippen LogP contribution in [0.1, 0.15) is 57.8 Å². The zero-order chi connectivity index (χ0) is 16.6. The summed E-state index contributed by atoms with van der Waals surface area (Å²) in [7, 11) is 0.787. The van der Waals surface area contributed by atoms with Crippen LogP contribution < -0.4 is 5.73 Å². The van der Waals surface area contributed by atoms with E-state index in [0.717, 1.165) is 13.0 Å². The highest BCUT2D eigenvalue weighted by Crippen LogP contribution is 2.24. The highest BCUT2D eigenvalue weighted by molar-refractivity contribution is 6.40. The Bertz CT molecular complexity index is 338. The number of carbonyl (C=O) groups is 1. The number of aliphatic carboxylic acids is 1. The molecule has 5 N–H and O–H groups in total. The van der Waals surface area contributed by atoms with Crippen molar-refractivity contribution in [3.05, 3.63) is 0 Å². The molecular formula is C15H31BN2O4. The number of unbranched alkanes of at least 4 members (excludes halogenated alkanes) is 1. The van der Waals surface area contributed by atoms with Crippen molar-refractivity contribution in [1.82, 2.24) is 4.90 Å². The van der Waals surface area contributed by atoms with E-state index in [2.05, 4.69) is 11.9 Å². The van der Waals surface area contributed by atoms with E-state index in [4.69, 9.17) is 15.8 Å². The minimum Gasteiger partial charge on any atom is -0.480 e. The summed E-state index contributed by atoms with van der Waals surface area (Å²) >= 11 is 0. The standard InChI is InChI=1S/C15H31BN2O4/c1-18(13-7-2-3-8-13)12-6-10-15(17,14(19)20)9-4-5-11-16(21)22/h13,21-22H,2-12,17H2,1H3,(H,19,20). The van der Waals surface area contributed by atoms with Gasteiger partial charge in [0, 0.05) is 6.04 Å².